The fraction of sp³-hybridized carbons (Fsp3) is 0.429. The maximum absolute atomic E-state index is 12.5. The maximum atomic E-state index is 12.5. The summed E-state index contributed by atoms with van der Waals surface area (Å²) in [7, 11) is 0. The van der Waals surface area contributed by atoms with Crippen molar-refractivity contribution >= 4 is 0 Å². The summed E-state index contributed by atoms with van der Waals surface area (Å²) in [5, 5.41) is 2.93. The lowest BCUT2D eigenvalue weighted by molar-refractivity contribution is -0.140. The molecule has 0 aromatic heterocycles. The van der Waals surface area contributed by atoms with Crippen LogP contribution in [0.1, 0.15) is 31.9 Å². The van der Waals surface area contributed by atoms with E-state index in [2.05, 4.69) is 5.32 Å². The van der Waals surface area contributed by atoms with E-state index >= 15 is 0 Å². The molecule has 1 atom stereocenters. The largest absolute Gasteiger partial charge is 0.390 e. The van der Waals surface area contributed by atoms with Gasteiger partial charge >= 0.3 is 6.18 Å². The van der Waals surface area contributed by atoms with Crippen LogP contribution in [-0.2, 0) is 0 Å². The second kappa shape index (κ2) is 6.59. The molecular weight excluding hydrogens is 239 g/mol. The zero-order valence-corrected chi connectivity index (χ0v) is 10.6. The Morgan fingerprint density at radius 2 is 1.83 bits per heavy atom. The summed E-state index contributed by atoms with van der Waals surface area (Å²) >= 11 is 0. The van der Waals surface area contributed by atoms with Gasteiger partial charge in [0.1, 0.15) is 0 Å². The van der Waals surface area contributed by atoms with Gasteiger partial charge in [0.25, 0.3) is 0 Å². The highest BCUT2D eigenvalue weighted by Gasteiger charge is 2.32. The monoisotopic (exact) mass is 257 g/mol. The van der Waals surface area contributed by atoms with Crippen LogP contribution < -0.4 is 5.32 Å². The Bertz CT molecular complexity index is 378. The van der Waals surface area contributed by atoms with Crippen LogP contribution >= 0.6 is 0 Å². The summed E-state index contributed by atoms with van der Waals surface area (Å²) in [6.07, 6.45) is -3.14. The Hall–Kier alpha value is -1.29. The van der Waals surface area contributed by atoms with Crippen molar-refractivity contribution in [2.45, 2.75) is 32.5 Å². The molecule has 0 heterocycles. The summed E-state index contributed by atoms with van der Waals surface area (Å²) in [6.45, 7) is 4.28. The smallest absolute Gasteiger partial charge is 0.306 e. The number of nitrogens with one attached hydrogen (secondary N) is 1. The lowest BCUT2D eigenvalue weighted by atomic mass is 10.0. The SMILES string of the molecule is CC(C)=CCNC(CC(F)(F)F)c1ccccc1. The number of hydrogen-bond donors (Lipinski definition) is 1. The summed E-state index contributed by atoms with van der Waals surface area (Å²) < 4.78 is 37.6. The first-order chi connectivity index (χ1) is 8.38. The zero-order valence-electron chi connectivity index (χ0n) is 10.6. The molecule has 0 aliphatic carbocycles. The molecule has 4 heteroatoms. The second-order valence-electron chi connectivity index (χ2n) is 4.47. The summed E-state index contributed by atoms with van der Waals surface area (Å²) in [5.74, 6) is 0. The van der Waals surface area contributed by atoms with Gasteiger partial charge in [-0.2, -0.15) is 13.2 Å². The normalized spacial score (nSPS) is 13.2. The summed E-state index contributed by atoms with van der Waals surface area (Å²) in [4.78, 5) is 0. The van der Waals surface area contributed by atoms with Crippen molar-refractivity contribution in [3.8, 4) is 0 Å². The first-order valence-corrected chi connectivity index (χ1v) is 5.87. The number of allylic oxidation sites excluding steroid dienone is 1. The number of benzene rings is 1. The van der Waals surface area contributed by atoms with Crippen LogP contribution in [-0.4, -0.2) is 12.7 Å². The minimum atomic E-state index is -4.17. The molecule has 0 radical (unpaired) electrons. The number of halogens is 3. The highest BCUT2D eigenvalue weighted by Crippen LogP contribution is 2.29. The molecule has 1 rings (SSSR count). The van der Waals surface area contributed by atoms with Crippen molar-refractivity contribution in [2.24, 2.45) is 0 Å². The van der Waals surface area contributed by atoms with E-state index in [4.69, 9.17) is 0 Å². The maximum Gasteiger partial charge on any atom is 0.390 e. The lowest BCUT2D eigenvalue weighted by Gasteiger charge is -2.20. The fourth-order valence-corrected chi connectivity index (χ4v) is 1.63. The van der Waals surface area contributed by atoms with Crippen molar-refractivity contribution < 1.29 is 13.2 Å². The van der Waals surface area contributed by atoms with E-state index in [1.807, 2.05) is 19.9 Å². The third-order valence-electron chi connectivity index (χ3n) is 2.51. The molecular formula is C14H18F3N. The van der Waals surface area contributed by atoms with Gasteiger partial charge in [0, 0.05) is 12.6 Å². The van der Waals surface area contributed by atoms with E-state index in [1.165, 1.54) is 0 Å². The van der Waals surface area contributed by atoms with Gasteiger partial charge in [-0.1, -0.05) is 42.0 Å². The van der Waals surface area contributed by atoms with Crippen molar-refractivity contribution in [3.05, 3.63) is 47.5 Å². The first-order valence-electron chi connectivity index (χ1n) is 5.87. The minimum Gasteiger partial charge on any atom is -0.306 e. The van der Waals surface area contributed by atoms with Crippen LogP contribution in [0.25, 0.3) is 0 Å². The first kappa shape index (κ1) is 14.8. The molecule has 100 valence electrons. The predicted molar refractivity (Wildman–Crippen MR) is 67.3 cm³/mol. The Kier molecular flexibility index (Phi) is 5.41. The molecule has 1 N–H and O–H groups in total. The van der Waals surface area contributed by atoms with E-state index in [-0.39, 0.29) is 0 Å². The lowest BCUT2D eigenvalue weighted by Crippen LogP contribution is -2.27. The molecule has 18 heavy (non-hydrogen) atoms. The van der Waals surface area contributed by atoms with Crippen molar-refractivity contribution in [1.29, 1.82) is 0 Å². The fourth-order valence-electron chi connectivity index (χ4n) is 1.63. The average molecular weight is 257 g/mol. The quantitative estimate of drug-likeness (QED) is 0.778. The van der Waals surface area contributed by atoms with E-state index in [0.29, 0.717) is 12.1 Å². The van der Waals surface area contributed by atoms with Crippen molar-refractivity contribution in [2.75, 3.05) is 6.54 Å². The Labute approximate surface area is 106 Å². The summed E-state index contributed by atoms with van der Waals surface area (Å²) in [5.41, 5.74) is 1.75. The molecule has 0 fully saturated rings. The van der Waals surface area contributed by atoms with Gasteiger partial charge in [0.2, 0.25) is 0 Å². The van der Waals surface area contributed by atoms with Crippen LogP contribution in [0.5, 0.6) is 0 Å². The van der Waals surface area contributed by atoms with Crippen LogP contribution in [0.15, 0.2) is 42.0 Å². The molecule has 1 aromatic carbocycles. The number of alkyl halides is 3. The molecule has 1 nitrogen and oxygen atoms in total. The van der Waals surface area contributed by atoms with E-state index in [0.717, 1.165) is 5.57 Å². The van der Waals surface area contributed by atoms with Gasteiger partial charge < -0.3 is 5.32 Å². The second-order valence-corrected chi connectivity index (χ2v) is 4.47. The highest BCUT2D eigenvalue weighted by molar-refractivity contribution is 5.19. The van der Waals surface area contributed by atoms with Crippen LogP contribution in [0.4, 0.5) is 13.2 Å². The Morgan fingerprint density at radius 1 is 1.22 bits per heavy atom. The van der Waals surface area contributed by atoms with Gasteiger partial charge in [-0.05, 0) is 19.4 Å². The van der Waals surface area contributed by atoms with Crippen LogP contribution in [0, 0.1) is 0 Å². The molecule has 0 aliphatic rings. The van der Waals surface area contributed by atoms with Crippen molar-refractivity contribution in [1.82, 2.24) is 5.32 Å². The van der Waals surface area contributed by atoms with Crippen molar-refractivity contribution in [3.63, 3.8) is 0 Å². The van der Waals surface area contributed by atoms with Gasteiger partial charge in [0.05, 0.1) is 6.42 Å². The summed E-state index contributed by atoms with van der Waals surface area (Å²) in [6, 6.07) is 8.03. The topological polar surface area (TPSA) is 12.0 Å². The average Bonchev–Trinajstić information content (AvgIpc) is 2.27. The third-order valence-corrected chi connectivity index (χ3v) is 2.51. The molecule has 0 saturated heterocycles. The molecule has 0 amide bonds. The molecule has 1 unspecified atom stereocenters. The minimum absolute atomic E-state index is 0.442. The standard InChI is InChI=1S/C14H18F3N/c1-11(2)8-9-18-13(10-14(15,16)17)12-6-4-3-5-7-12/h3-8,13,18H,9-10H2,1-2H3. The molecule has 0 bridgehead atoms. The predicted octanol–water partition coefficient (Wildman–Crippen LogP) is 4.24. The molecule has 0 saturated carbocycles. The zero-order chi connectivity index (χ0) is 13.6. The van der Waals surface area contributed by atoms with Crippen LogP contribution in [0.2, 0.25) is 0 Å². The van der Waals surface area contributed by atoms with Gasteiger partial charge in [-0.15, -0.1) is 0 Å². The molecule has 0 spiro atoms. The van der Waals surface area contributed by atoms with E-state index in [9.17, 15) is 13.2 Å². The Balaban J connectivity index is 2.73. The van der Waals surface area contributed by atoms with Crippen LogP contribution in [0.3, 0.4) is 0 Å². The van der Waals surface area contributed by atoms with Gasteiger partial charge in [-0.3, -0.25) is 0 Å². The highest BCUT2D eigenvalue weighted by atomic mass is 19.4. The molecule has 1 aromatic rings. The molecule has 0 aliphatic heterocycles. The number of hydrogen-bond acceptors (Lipinski definition) is 1. The van der Waals surface area contributed by atoms with E-state index in [1.54, 1.807) is 30.3 Å². The van der Waals surface area contributed by atoms with Gasteiger partial charge in [-0.25, -0.2) is 0 Å². The van der Waals surface area contributed by atoms with Gasteiger partial charge in [0.15, 0.2) is 0 Å². The Morgan fingerprint density at radius 3 is 2.33 bits per heavy atom. The number of rotatable bonds is 5. The van der Waals surface area contributed by atoms with E-state index < -0.39 is 18.6 Å². The third kappa shape index (κ3) is 5.87.